The van der Waals surface area contributed by atoms with Gasteiger partial charge in [0, 0.05) is 31.4 Å². The topological polar surface area (TPSA) is 45.5 Å². The van der Waals surface area contributed by atoms with Crippen molar-refractivity contribution < 1.29 is 4.79 Å². The minimum Gasteiger partial charge on any atom is -0.341 e. The first kappa shape index (κ1) is 18.2. The summed E-state index contributed by atoms with van der Waals surface area (Å²) in [5.74, 6) is 0.800. The fraction of sp³-hybridized carbons (Fsp3) is 0.700. The zero-order chi connectivity index (χ0) is 17.6. The molecule has 0 saturated carbocycles. The highest BCUT2D eigenvalue weighted by Crippen LogP contribution is 2.23. The number of hydrogen-bond donors (Lipinski definition) is 0. The van der Waals surface area contributed by atoms with E-state index < -0.39 is 0 Å². The molecule has 0 bridgehead atoms. The van der Waals surface area contributed by atoms with E-state index in [4.69, 9.17) is 0 Å². The van der Waals surface area contributed by atoms with E-state index in [0.29, 0.717) is 0 Å². The van der Waals surface area contributed by atoms with Crippen LogP contribution in [0.15, 0.2) is 29.2 Å². The largest absolute Gasteiger partial charge is 0.341 e. The molecule has 0 spiro atoms. The van der Waals surface area contributed by atoms with Crippen LogP contribution in [0.3, 0.4) is 0 Å². The number of pyridine rings is 1. The molecule has 138 valence electrons. The standard InChI is InChI=1S/C20H31N3O2/c1-17-6-2-4-11-21(17)13-8-18-9-14-22(15-10-18)20(25)16-23-12-5-3-7-19(23)24/h3,5,7,12,17-18H,2,4,6,8-11,13-16H2,1H3. The molecule has 0 aromatic carbocycles. The van der Waals surface area contributed by atoms with Crippen molar-refractivity contribution in [3.63, 3.8) is 0 Å². The van der Waals surface area contributed by atoms with E-state index in [-0.39, 0.29) is 18.0 Å². The third kappa shape index (κ3) is 4.94. The van der Waals surface area contributed by atoms with Crippen LogP contribution in [0.5, 0.6) is 0 Å². The summed E-state index contributed by atoms with van der Waals surface area (Å²) in [4.78, 5) is 28.7. The van der Waals surface area contributed by atoms with Gasteiger partial charge in [0.15, 0.2) is 0 Å². The maximum Gasteiger partial charge on any atom is 0.250 e. The Morgan fingerprint density at radius 1 is 1.12 bits per heavy atom. The van der Waals surface area contributed by atoms with Crippen LogP contribution in [0.25, 0.3) is 0 Å². The summed E-state index contributed by atoms with van der Waals surface area (Å²) in [5, 5.41) is 0. The third-order valence-corrected chi connectivity index (χ3v) is 5.94. The molecule has 5 nitrogen and oxygen atoms in total. The van der Waals surface area contributed by atoms with E-state index in [1.54, 1.807) is 18.3 Å². The molecule has 5 heteroatoms. The van der Waals surface area contributed by atoms with Gasteiger partial charge in [0.1, 0.15) is 6.54 Å². The van der Waals surface area contributed by atoms with Gasteiger partial charge in [-0.1, -0.05) is 12.5 Å². The Bertz CT molecular complexity index is 619. The van der Waals surface area contributed by atoms with Gasteiger partial charge in [-0.3, -0.25) is 9.59 Å². The number of carbonyl (C=O) groups excluding carboxylic acids is 1. The van der Waals surface area contributed by atoms with Crippen molar-refractivity contribution in [1.29, 1.82) is 0 Å². The molecule has 0 aliphatic carbocycles. The fourth-order valence-corrected chi connectivity index (χ4v) is 4.15. The lowest BCUT2D eigenvalue weighted by Gasteiger charge is -2.36. The summed E-state index contributed by atoms with van der Waals surface area (Å²) >= 11 is 0. The highest BCUT2D eigenvalue weighted by Gasteiger charge is 2.24. The number of likely N-dealkylation sites (tertiary alicyclic amines) is 2. The van der Waals surface area contributed by atoms with E-state index in [2.05, 4.69) is 11.8 Å². The van der Waals surface area contributed by atoms with E-state index in [1.165, 1.54) is 49.4 Å². The normalized spacial score (nSPS) is 22.9. The molecule has 1 amide bonds. The number of hydrogen-bond acceptors (Lipinski definition) is 3. The summed E-state index contributed by atoms with van der Waals surface area (Å²) in [5.41, 5.74) is -0.110. The van der Waals surface area contributed by atoms with E-state index in [9.17, 15) is 9.59 Å². The Balaban J connectivity index is 1.41. The van der Waals surface area contributed by atoms with Gasteiger partial charge in [0.25, 0.3) is 5.56 Å². The molecule has 1 aromatic rings. The van der Waals surface area contributed by atoms with Crippen molar-refractivity contribution in [1.82, 2.24) is 14.4 Å². The number of amides is 1. The molecule has 3 heterocycles. The van der Waals surface area contributed by atoms with Gasteiger partial charge >= 0.3 is 0 Å². The summed E-state index contributed by atoms with van der Waals surface area (Å²) < 4.78 is 1.49. The zero-order valence-electron chi connectivity index (χ0n) is 15.4. The molecule has 1 unspecified atom stereocenters. The zero-order valence-corrected chi connectivity index (χ0v) is 15.4. The van der Waals surface area contributed by atoms with Crippen molar-refractivity contribution >= 4 is 5.91 Å². The van der Waals surface area contributed by atoms with Gasteiger partial charge in [-0.15, -0.1) is 0 Å². The number of carbonyl (C=O) groups is 1. The van der Waals surface area contributed by atoms with E-state index >= 15 is 0 Å². The lowest BCUT2D eigenvalue weighted by molar-refractivity contribution is -0.133. The number of rotatable bonds is 5. The van der Waals surface area contributed by atoms with Crippen LogP contribution in [0.2, 0.25) is 0 Å². The molecule has 2 aliphatic rings. The van der Waals surface area contributed by atoms with Crippen LogP contribution in [0, 0.1) is 5.92 Å². The number of aromatic nitrogens is 1. The van der Waals surface area contributed by atoms with E-state index in [0.717, 1.165) is 37.9 Å². The third-order valence-electron chi connectivity index (χ3n) is 5.94. The van der Waals surface area contributed by atoms with Gasteiger partial charge in [0.2, 0.25) is 5.91 Å². The highest BCUT2D eigenvalue weighted by molar-refractivity contribution is 5.76. The Kier molecular flexibility index (Phi) is 6.29. The molecule has 25 heavy (non-hydrogen) atoms. The van der Waals surface area contributed by atoms with Crippen LogP contribution in [0.1, 0.15) is 45.4 Å². The SMILES string of the molecule is CC1CCCCN1CCC1CCN(C(=O)Cn2ccccc2=O)CC1. The Morgan fingerprint density at radius 2 is 1.92 bits per heavy atom. The molecule has 3 rings (SSSR count). The van der Waals surface area contributed by atoms with Crippen molar-refractivity contribution in [2.45, 2.75) is 58.0 Å². The second-order valence-electron chi connectivity index (χ2n) is 7.66. The number of piperidine rings is 2. The van der Waals surface area contributed by atoms with Gasteiger partial charge in [-0.25, -0.2) is 0 Å². The van der Waals surface area contributed by atoms with Crippen molar-refractivity contribution in [2.24, 2.45) is 5.92 Å². The lowest BCUT2D eigenvalue weighted by Crippen LogP contribution is -2.43. The molecule has 2 saturated heterocycles. The van der Waals surface area contributed by atoms with Gasteiger partial charge in [-0.2, -0.15) is 0 Å². The first-order chi connectivity index (χ1) is 12.1. The van der Waals surface area contributed by atoms with Crippen LogP contribution in [-0.4, -0.2) is 52.5 Å². The molecule has 2 fully saturated rings. The fourth-order valence-electron chi connectivity index (χ4n) is 4.15. The second-order valence-corrected chi connectivity index (χ2v) is 7.66. The lowest BCUT2D eigenvalue weighted by atomic mass is 9.92. The molecule has 1 atom stereocenters. The molecular formula is C20H31N3O2. The summed E-state index contributed by atoms with van der Waals surface area (Å²) in [6, 6.07) is 5.74. The molecule has 1 aromatic heterocycles. The summed E-state index contributed by atoms with van der Waals surface area (Å²) in [6.07, 6.45) is 9.19. The van der Waals surface area contributed by atoms with Crippen LogP contribution in [-0.2, 0) is 11.3 Å². The first-order valence-electron chi connectivity index (χ1n) is 9.81. The van der Waals surface area contributed by atoms with Crippen molar-refractivity contribution in [3.8, 4) is 0 Å². The first-order valence-corrected chi connectivity index (χ1v) is 9.81. The van der Waals surface area contributed by atoms with Crippen LogP contribution in [0.4, 0.5) is 0 Å². The maximum atomic E-state index is 12.4. The number of nitrogens with zero attached hydrogens (tertiary/aromatic N) is 3. The molecule has 2 aliphatic heterocycles. The predicted molar refractivity (Wildman–Crippen MR) is 99.5 cm³/mol. The Morgan fingerprint density at radius 3 is 2.64 bits per heavy atom. The maximum absolute atomic E-state index is 12.4. The van der Waals surface area contributed by atoms with Gasteiger partial charge < -0.3 is 14.4 Å². The summed E-state index contributed by atoms with van der Waals surface area (Å²) in [6.45, 7) is 6.65. The minimum absolute atomic E-state index is 0.0661. The Labute approximate surface area is 150 Å². The second kappa shape index (κ2) is 8.65. The smallest absolute Gasteiger partial charge is 0.250 e. The predicted octanol–water partition coefficient (Wildman–Crippen LogP) is 2.35. The monoisotopic (exact) mass is 345 g/mol. The average molecular weight is 345 g/mol. The highest BCUT2D eigenvalue weighted by atomic mass is 16.2. The summed E-state index contributed by atoms with van der Waals surface area (Å²) in [7, 11) is 0. The van der Waals surface area contributed by atoms with Crippen LogP contribution < -0.4 is 5.56 Å². The van der Waals surface area contributed by atoms with E-state index in [1.807, 2.05) is 4.90 Å². The molecule has 0 radical (unpaired) electrons. The van der Waals surface area contributed by atoms with Crippen molar-refractivity contribution in [3.05, 3.63) is 34.7 Å². The Hall–Kier alpha value is -1.62. The minimum atomic E-state index is -0.110. The average Bonchev–Trinajstić information content (AvgIpc) is 2.63. The van der Waals surface area contributed by atoms with Gasteiger partial charge in [-0.05, 0) is 64.1 Å². The van der Waals surface area contributed by atoms with Crippen LogP contribution >= 0.6 is 0 Å². The quantitative estimate of drug-likeness (QED) is 0.823. The molecule has 0 N–H and O–H groups in total. The molecular weight excluding hydrogens is 314 g/mol. The van der Waals surface area contributed by atoms with Gasteiger partial charge in [0.05, 0.1) is 0 Å². The van der Waals surface area contributed by atoms with Crippen molar-refractivity contribution in [2.75, 3.05) is 26.2 Å².